The highest BCUT2D eigenvalue weighted by molar-refractivity contribution is 7.98. The number of ether oxygens (including phenoxy) is 2. The van der Waals surface area contributed by atoms with Crippen molar-refractivity contribution in [3.8, 4) is 0 Å². The van der Waals surface area contributed by atoms with Gasteiger partial charge in [-0.25, -0.2) is 9.97 Å². The predicted molar refractivity (Wildman–Crippen MR) is 114 cm³/mol. The first kappa shape index (κ1) is 19.7. The second-order valence-electron chi connectivity index (χ2n) is 7.91. The number of hydrogen-bond acceptors (Lipinski definition) is 7. The summed E-state index contributed by atoms with van der Waals surface area (Å²) in [6, 6.07) is 4.09. The normalized spacial score (nSPS) is 23.6. The maximum Gasteiger partial charge on any atom is 0.263 e. The molecule has 0 bridgehead atoms. The molecular weight excluding hydrogens is 400 g/mol. The summed E-state index contributed by atoms with van der Waals surface area (Å²) in [7, 11) is 0. The van der Waals surface area contributed by atoms with Crippen LogP contribution in [-0.4, -0.2) is 32.2 Å². The molecule has 8 heteroatoms. The Balaban J connectivity index is 1.56. The molecule has 2 aliphatic heterocycles. The summed E-state index contributed by atoms with van der Waals surface area (Å²) in [5, 5.41) is 0.772. The number of aryl methyl sites for hydroxylation is 1. The van der Waals surface area contributed by atoms with Crippen LogP contribution in [-0.2, 0) is 16.1 Å². The number of hydrogen-bond donors (Lipinski definition) is 0. The van der Waals surface area contributed by atoms with Crippen LogP contribution < -0.4 is 5.56 Å². The van der Waals surface area contributed by atoms with Crippen LogP contribution in [0.15, 0.2) is 34.3 Å². The Bertz CT molecular complexity index is 1180. The quantitative estimate of drug-likeness (QED) is 0.593. The van der Waals surface area contributed by atoms with E-state index in [0.29, 0.717) is 24.4 Å². The Kier molecular flexibility index (Phi) is 5.08. The minimum atomic E-state index is -0.160. The van der Waals surface area contributed by atoms with Crippen LogP contribution in [0.1, 0.15) is 66.1 Å². The van der Waals surface area contributed by atoms with Gasteiger partial charge in [0, 0.05) is 30.6 Å². The summed E-state index contributed by atoms with van der Waals surface area (Å²) in [6.45, 7) is 4.90. The van der Waals surface area contributed by atoms with E-state index in [1.807, 2.05) is 38.6 Å². The molecule has 5 heterocycles. The molecule has 1 saturated heterocycles. The van der Waals surface area contributed by atoms with E-state index in [4.69, 9.17) is 19.4 Å². The van der Waals surface area contributed by atoms with Crippen LogP contribution in [0.2, 0.25) is 0 Å². The van der Waals surface area contributed by atoms with Crippen LogP contribution >= 0.6 is 11.8 Å². The Morgan fingerprint density at radius 3 is 2.93 bits per heavy atom. The van der Waals surface area contributed by atoms with Crippen molar-refractivity contribution in [2.45, 2.75) is 56.4 Å². The Morgan fingerprint density at radius 1 is 1.27 bits per heavy atom. The minimum Gasteiger partial charge on any atom is -0.373 e. The maximum atomic E-state index is 13.2. The molecule has 5 rings (SSSR count). The smallest absolute Gasteiger partial charge is 0.263 e. The monoisotopic (exact) mass is 424 g/mol. The molecule has 0 spiro atoms. The van der Waals surface area contributed by atoms with Crippen molar-refractivity contribution < 1.29 is 9.47 Å². The fourth-order valence-corrected chi connectivity index (χ4v) is 4.87. The predicted octanol–water partition coefficient (Wildman–Crippen LogP) is 3.74. The highest BCUT2D eigenvalue weighted by atomic mass is 32.2. The molecule has 3 unspecified atom stereocenters. The summed E-state index contributed by atoms with van der Waals surface area (Å²) in [6.07, 6.45) is 7.21. The second kappa shape index (κ2) is 7.76. The Hall–Kier alpha value is -2.29. The maximum absolute atomic E-state index is 13.2. The van der Waals surface area contributed by atoms with Crippen molar-refractivity contribution in [3.63, 3.8) is 0 Å². The SMILES string of the molecule is CSc1nc(C2CCOC(c3ccnc(C)c3)C2)cn2c(=O)c3c(nc12)C(C)OC3. The average Bonchev–Trinajstić information content (AvgIpc) is 3.14. The fourth-order valence-electron chi connectivity index (χ4n) is 4.34. The van der Waals surface area contributed by atoms with Gasteiger partial charge in [0.25, 0.3) is 5.56 Å². The summed E-state index contributed by atoms with van der Waals surface area (Å²) in [5.74, 6) is 0.211. The number of rotatable bonds is 3. The standard InChI is InChI=1S/C22H24N4O3S/c1-12-8-15(4-6-23-12)18-9-14(5-7-28-18)17-10-26-20(21(24-17)30-3)25-19-13(2)29-11-16(19)22(26)27/h4,6,8,10,13-14,18H,5,7,9,11H2,1-3H3. The molecular formula is C22H24N4O3S. The number of fused-ring (bicyclic) bond motifs is 2. The highest BCUT2D eigenvalue weighted by Crippen LogP contribution is 2.38. The summed E-state index contributed by atoms with van der Waals surface area (Å²) in [4.78, 5) is 27.1. The van der Waals surface area contributed by atoms with Gasteiger partial charge in [-0.2, -0.15) is 0 Å². The molecule has 3 atom stereocenters. The van der Waals surface area contributed by atoms with Gasteiger partial charge >= 0.3 is 0 Å². The molecule has 0 saturated carbocycles. The van der Waals surface area contributed by atoms with Crippen molar-refractivity contribution >= 4 is 17.4 Å². The Labute approximate surface area is 178 Å². The van der Waals surface area contributed by atoms with E-state index in [1.165, 1.54) is 11.8 Å². The topological polar surface area (TPSA) is 78.6 Å². The van der Waals surface area contributed by atoms with E-state index in [0.717, 1.165) is 40.5 Å². The zero-order valence-corrected chi connectivity index (χ0v) is 18.1. The van der Waals surface area contributed by atoms with E-state index in [-0.39, 0.29) is 23.7 Å². The lowest BCUT2D eigenvalue weighted by atomic mass is 9.90. The first-order valence-corrected chi connectivity index (χ1v) is 11.4. The van der Waals surface area contributed by atoms with Crippen LogP contribution in [0.4, 0.5) is 0 Å². The van der Waals surface area contributed by atoms with E-state index in [9.17, 15) is 4.79 Å². The van der Waals surface area contributed by atoms with Crippen LogP contribution in [0, 0.1) is 6.92 Å². The van der Waals surface area contributed by atoms with Gasteiger partial charge in [-0.1, -0.05) is 0 Å². The van der Waals surface area contributed by atoms with E-state index in [2.05, 4.69) is 11.1 Å². The number of nitrogens with zero attached hydrogens (tertiary/aromatic N) is 4. The zero-order valence-electron chi connectivity index (χ0n) is 17.3. The average molecular weight is 425 g/mol. The van der Waals surface area contributed by atoms with Gasteiger partial charge in [-0.3, -0.25) is 14.2 Å². The number of pyridine rings is 1. The van der Waals surface area contributed by atoms with Crippen molar-refractivity contribution in [2.75, 3.05) is 12.9 Å². The number of thioether (sulfide) groups is 1. The third kappa shape index (κ3) is 3.33. The molecule has 7 nitrogen and oxygen atoms in total. The molecule has 2 aliphatic rings. The fraction of sp³-hybridized carbons (Fsp3) is 0.455. The zero-order chi connectivity index (χ0) is 20.8. The molecule has 3 aromatic rings. The first-order chi connectivity index (χ1) is 14.5. The van der Waals surface area contributed by atoms with E-state index in [1.54, 1.807) is 4.40 Å². The first-order valence-electron chi connectivity index (χ1n) is 10.2. The summed E-state index contributed by atoms with van der Waals surface area (Å²) >= 11 is 1.52. The molecule has 1 fully saturated rings. The van der Waals surface area contributed by atoms with Crippen molar-refractivity contribution in [2.24, 2.45) is 0 Å². The molecule has 0 aromatic carbocycles. The molecule has 3 aromatic heterocycles. The third-order valence-corrected chi connectivity index (χ3v) is 6.64. The van der Waals surface area contributed by atoms with Crippen LogP contribution in [0.3, 0.4) is 0 Å². The highest BCUT2D eigenvalue weighted by Gasteiger charge is 2.29. The molecule has 0 radical (unpaired) electrons. The van der Waals surface area contributed by atoms with Crippen molar-refractivity contribution in [1.29, 1.82) is 0 Å². The summed E-state index contributed by atoms with van der Waals surface area (Å²) < 4.78 is 13.4. The lowest BCUT2D eigenvalue weighted by molar-refractivity contribution is 0.00442. The lowest BCUT2D eigenvalue weighted by Crippen LogP contribution is -2.24. The van der Waals surface area contributed by atoms with Crippen LogP contribution in [0.5, 0.6) is 0 Å². The van der Waals surface area contributed by atoms with Crippen molar-refractivity contribution in [3.05, 3.63) is 63.1 Å². The second-order valence-corrected chi connectivity index (χ2v) is 8.71. The Morgan fingerprint density at radius 2 is 2.13 bits per heavy atom. The minimum absolute atomic E-state index is 0.00444. The number of aromatic nitrogens is 4. The van der Waals surface area contributed by atoms with E-state index < -0.39 is 0 Å². The van der Waals surface area contributed by atoms with Crippen molar-refractivity contribution in [1.82, 2.24) is 19.4 Å². The molecule has 0 amide bonds. The largest absolute Gasteiger partial charge is 0.373 e. The lowest BCUT2D eigenvalue weighted by Gasteiger charge is -2.30. The van der Waals surface area contributed by atoms with Gasteiger partial charge < -0.3 is 9.47 Å². The summed E-state index contributed by atoms with van der Waals surface area (Å²) in [5.41, 5.74) is 5.00. The van der Waals surface area contributed by atoms with Gasteiger partial charge in [-0.05, 0) is 50.6 Å². The van der Waals surface area contributed by atoms with Crippen LogP contribution in [0.25, 0.3) is 5.65 Å². The molecule has 30 heavy (non-hydrogen) atoms. The van der Waals surface area contributed by atoms with Gasteiger partial charge in [0.05, 0.1) is 35.8 Å². The third-order valence-electron chi connectivity index (χ3n) is 5.97. The van der Waals surface area contributed by atoms with Gasteiger partial charge in [0.2, 0.25) is 0 Å². The molecule has 0 aliphatic carbocycles. The molecule has 156 valence electrons. The van der Waals surface area contributed by atoms with Gasteiger partial charge in [0.1, 0.15) is 5.03 Å². The molecule has 0 N–H and O–H groups in total. The van der Waals surface area contributed by atoms with Gasteiger partial charge in [-0.15, -0.1) is 11.8 Å². The van der Waals surface area contributed by atoms with Gasteiger partial charge in [0.15, 0.2) is 5.65 Å². The van der Waals surface area contributed by atoms with E-state index >= 15 is 0 Å².